The van der Waals surface area contributed by atoms with E-state index in [-0.39, 0.29) is 11.3 Å². The Morgan fingerprint density at radius 2 is 1.86 bits per heavy atom. The minimum Gasteiger partial charge on any atom is -0.478 e. The summed E-state index contributed by atoms with van der Waals surface area (Å²) in [5, 5.41) is 11.6. The highest BCUT2D eigenvalue weighted by atomic mass is 19.1. The maximum absolute atomic E-state index is 13.9. The fourth-order valence-corrected chi connectivity index (χ4v) is 1.38. The van der Waals surface area contributed by atoms with E-state index in [1.165, 1.54) is 13.0 Å². The van der Waals surface area contributed by atoms with Gasteiger partial charge in [0.05, 0.1) is 11.3 Å². The zero-order valence-electron chi connectivity index (χ0n) is 13.9. The predicted molar refractivity (Wildman–Crippen MR) is 82.9 cm³/mol. The van der Waals surface area contributed by atoms with Crippen molar-refractivity contribution in [3.8, 4) is 0 Å². The quantitative estimate of drug-likeness (QED) is 0.592. The van der Waals surface area contributed by atoms with Crippen molar-refractivity contribution in [3.63, 3.8) is 0 Å². The lowest BCUT2D eigenvalue weighted by Gasteiger charge is -2.20. The summed E-state index contributed by atoms with van der Waals surface area (Å²) in [7, 11) is 0. The van der Waals surface area contributed by atoms with E-state index in [1.54, 1.807) is 34.6 Å². The Bertz CT molecular complexity index is 525. The fourth-order valence-electron chi connectivity index (χ4n) is 1.38. The van der Waals surface area contributed by atoms with E-state index in [4.69, 9.17) is 4.74 Å². The second-order valence-corrected chi connectivity index (χ2v) is 5.67. The molecule has 0 aliphatic rings. The highest BCUT2D eigenvalue weighted by Gasteiger charge is 2.20. The molecule has 1 amide bonds. The molecule has 2 N–H and O–H groups in total. The Kier molecular flexibility index (Phi) is 7.56. The van der Waals surface area contributed by atoms with Crippen LogP contribution >= 0.6 is 0 Å². The van der Waals surface area contributed by atoms with Crippen molar-refractivity contribution >= 4 is 12.1 Å². The first-order valence-electron chi connectivity index (χ1n) is 6.98. The monoisotopic (exact) mass is 313 g/mol. The molecule has 0 aromatic heterocycles. The molecule has 0 atom stereocenters. The normalized spacial score (nSPS) is 14.3. The lowest BCUT2D eigenvalue weighted by atomic mass is 10.1. The molecule has 0 fully saturated rings. The molecule has 124 valence electrons. The number of carbonyl (C=O) groups is 2. The zero-order chi connectivity index (χ0) is 17.5. The molecule has 0 spiro atoms. The van der Waals surface area contributed by atoms with E-state index in [2.05, 4.69) is 5.32 Å². The summed E-state index contributed by atoms with van der Waals surface area (Å²) in [5.41, 5.74) is -0.675. The molecule has 22 heavy (non-hydrogen) atoms. The summed E-state index contributed by atoms with van der Waals surface area (Å²) in [6.07, 6.45) is 1.93. The number of halogens is 1. The zero-order valence-corrected chi connectivity index (χ0v) is 13.9. The maximum Gasteiger partial charge on any atom is 0.412 e. The van der Waals surface area contributed by atoms with Gasteiger partial charge in [0.25, 0.3) is 0 Å². The highest BCUT2D eigenvalue weighted by Crippen LogP contribution is 2.17. The summed E-state index contributed by atoms with van der Waals surface area (Å²) in [6.45, 7) is 9.92. The number of alkyl carbamates (subject to hydrolysis) is 1. The molecule has 0 radical (unpaired) electrons. The minimum atomic E-state index is -1.34. The largest absolute Gasteiger partial charge is 0.478 e. The number of ether oxygens (including phenoxy) is 1. The first-order chi connectivity index (χ1) is 10.0. The van der Waals surface area contributed by atoms with Crippen LogP contribution in [0, 0.1) is 0 Å². The number of allylic oxidation sites excluding steroid dienone is 4. The predicted octanol–water partition coefficient (Wildman–Crippen LogP) is 4.08. The van der Waals surface area contributed by atoms with Gasteiger partial charge in [0.1, 0.15) is 11.4 Å². The van der Waals surface area contributed by atoms with Crippen LogP contribution in [0.1, 0.15) is 48.0 Å². The Balaban J connectivity index is 5.45. The van der Waals surface area contributed by atoms with Crippen LogP contribution in [0.15, 0.2) is 34.8 Å². The molecule has 0 aliphatic heterocycles. The summed E-state index contributed by atoms with van der Waals surface area (Å²) >= 11 is 0. The van der Waals surface area contributed by atoms with Crippen molar-refractivity contribution in [1.82, 2.24) is 5.32 Å². The average Bonchev–Trinajstić information content (AvgIpc) is 2.38. The SMILES string of the molecule is C\C=C(NC(=O)OC(C)(C)C)/C(=C\C(F)=C(/C)CC)C(=O)O. The van der Waals surface area contributed by atoms with Gasteiger partial charge in [0, 0.05) is 0 Å². The molecule has 0 aromatic rings. The van der Waals surface area contributed by atoms with Crippen LogP contribution < -0.4 is 5.32 Å². The molecule has 0 rings (SSSR count). The van der Waals surface area contributed by atoms with E-state index < -0.39 is 23.5 Å². The van der Waals surface area contributed by atoms with Gasteiger partial charge in [-0.15, -0.1) is 0 Å². The van der Waals surface area contributed by atoms with Crippen LogP contribution in [-0.2, 0) is 9.53 Å². The van der Waals surface area contributed by atoms with Crippen LogP contribution in [0.3, 0.4) is 0 Å². The van der Waals surface area contributed by atoms with E-state index in [9.17, 15) is 19.1 Å². The molecule has 5 nitrogen and oxygen atoms in total. The van der Waals surface area contributed by atoms with Crippen LogP contribution in [0.4, 0.5) is 9.18 Å². The second kappa shape index (κ2) is 8.36. The van der Waals surface area contributed by atoms with Gasteiger partial charge in [-0.2, -0.15) is 0 Å². The van der Waals surface area contributed by atoms with Gasteiger partial charge in [0.15, 0.2) is 0 Å². The first kappa shape index (κ1) is 19.9. The molecule has 0 aromatic carbocycles. The van der Waals surface area contributed by atoms with Gasteiger partial charge in [0.2, 0.25) is 0 Å². The molecule has 0 aliphatic carbocycles. The second-order valence-electron chi connectivity index (χ2n) is 5.67. The third-order valence-corrected chi connectivity index (χ3v) is 2.65. The van der Waals surface area contributed by atoms with Crippen molar-refractivity contribution in [3.05, 3.63) is 34.8 Å². The Hall–Kier alpha value is -2.11. The van der Waals surface area contributed by atoms with Crippen molar-refractivity contribution in [1.29, 1.82) is 0 Å². The summed E-state index contributed by atoms with van der Waals surface area (Å²) in [6, 6.07) is 0. The molecule has 0 bridgehead atoms. The average molecular weight is 313 g/mol. The Morgan fingerprint density at radius 3 is 2.23 bits per heavy atom. The molecular formula is C16H24FNO4. The van der Waals surface area contributed by atoms with E-state index in [0.717, 1.165) is 6.08 Å². The molecule has 0 heterocycles. The first-order valence-corrected chi connectivity index (χ1v) is 6.98. The molecule has 0 saturated carbocycles. The molecule has 6 heteroatoms. The maximum atomic E-state index is 13.9. The fraction of sp³-hybridized carbons (Fsp3) is 0.500. The third-order valence-electron chi connectivity index (χ3n) is 2.65. The van der Waals surface area contributed by atoms with Gasteiger partial charge in [-0.1, -0.05) is 13.0 Å². The topological polar surface area (TPSA) is 75.6 Å². The van der Waals surface area contributed by atoms with Gasteiger partial charge < -0.3 is 9.84 Å². The standard InChI is InChI=1S/C16H24FNO4/c1-7-10(3)12(17)9-11(14(19)20)13(8-2)18-15(21)22-16(4,5)6/h8-9H,7H2,1-6H3,(H,18,21)(H,19,20)/b11-9+,12-10-,13-8+. The Morgan fingerprint density at radius 1 is 1.32 bits per heavy atom. The van der Waals surface area contributed by atoms with Crippen molar-refractivity contribution in [2.24, 2.45) is 0 Å². The van der Waals surface area contributed by atoms with Crippen LogP contribution in [0.5, 0.6) is 0 Å². The van der Waals surface area contributed by atoms with Crippen LogP contribution in [0.2, 0.25) is 0 Å². The number of carbonyl (C=O) groups excluding carboxylic acids is 1. The van der Waals surface area contributed by atoms with E-state index in [1.807, 2.05) is 0 Å². The number of nitrogens with one attached hydrogen (secondary N) is 1. The number of hydrogen-bond acceptors (Lipinski definition) is 3. The van der Waals surface area contributed by atoms with Gasteiger partial charge in [-0.25, -0.2) is 14.0 Å². The number of amides is 1. The summed E-state index contributed by atoms with van der Waals surface area (Å²) in [5.74, 6) is -1.98. The molecular weight excluding hydrogens is 289 g/mol. The third kappa shape index (κ3) is 7.06. The van der Waals surface area contributed by atoms with Gasteiger partial charge >= 0.3 is 12.1 Å². The number of rotatable bonds is 5. The Labute approximate surface area is 130 Å². The van der Waals surface area contributed by atoms with Crippen molar-refractivity contribution in [2.45, 2.75) is 53.6 Å². The van der Waals surface area contributed by atoms with Gasteiger partial charge in [-0.3, -0.25) is 5.32 Å². The number of carboxylic acid groups (broad SMARTS) is 1. The van der Waals surface area contributed by atoms with E-state index in [0.29, 0.717) is 12.0 Å². The smallest absolute Gasteiger partial charge is 0.412 e. The van der Waals surface area contributed by atoms with Crippen LogP contribution in [-0.4, -0.2) is 22.8 Å². The highest BCUT2D eigenvalue weighted by molar-refractivity contribution is 5.93. The lowest BCUT2D eigenvalue weighted by molar-refractivity contribution is -0.132. The minimum absolute atomic E-state index is 0.0270. The molecule has 0 unspecified atom stereocenters. The lowest BCUT2D eigenvalue weighted by Crippen LogP contribution is -2.33. The van der Waals surface area contributed by atoms with Gasteiger partial charge in [-0.05, 0) is 52.7 Å². The summed E-state index contributed by atoms with van der Waals surface area (Å²) < 4.78 is 18.9. The van der Waals surface area contributed by atoms with Crippen LogP contribution in [0.25, 0.3) is 0 Å². The molecule has 0 saturated heterocycles. The summed E-state index contributed by atoms with van der Waals surface area (Å²) in [4.78, 5) is 23.1. The number of hydrogen-bond donors (Lipinski definition) is 2. The number of aliphatic carboxylic acids is 1. The number of carboxylic acids is 1. The van der Waals surface area contributed by atoms with E-state index >= 15 is 0 Å². The van der Waals surface area contributed by atoms with Crippen molar-refractivity contribution < 1.29 is 23.8 Å². The van der Waals surface area contributed by atoms with Crippen molar-refractivity contribution in [2.75, 3.05) is 0 Å².